The highest BCUT2D eigenvalue weighted by Crippen LogP contribution is 2.23. The van der Waals surface area contributed by atoms with E-state index in [0.29, 0.717) is 25.3 Å². The maximum Gasteiger partial charge on any atom is 0.251 e. The third kappa shape index (κ3) is 6.23. The van der Waals surface area contributed by atoms with Crippen LogP contribution >= 0.6 is 0 Å². The number of hydrogen-bond acceptors (Lipinski definition) is 4. The van der Waals surface area contributed by atoms with E-state index >= 15 is 0 Å². The van der Waals surface area contributed by atoms with Crippen molar-refractivity contribution in [1.82, 2.24) is 15.7 Å². The van der Waals surface area contributed by atoms with Gasteiger partial charge in [0.05, 0.1) is 12.8 Å². The first-order valence-electron chi connectivity index (χ1n) is 10.9. The van der Waals surface area contributed by atoms with Gasteiger partial charge in [-0.05, 0) is 35.9 Å². The molecule has 8 nitrogen and oxygen atoms in total. The molecular weight excluding hydrogens is 428 g/mol. The van der Waals surface area contributed by atoms with Gasteiger partial charge in [0.1, 0.15) is 12.4 Å². The molecule has 8 heteroatoms. The van der Waals surface area contributed by atoms with E-state index in [1.165, 1.54) is 0 Å². The van der Waals surface area contributed by atoms with Crippen molar-refractivity contribution in [1.29, 1.82) is 0 Å². The van der Waals surface area contributed by atoms with E-state index in [0.717, 1.165) is 27.8 Å². The minimum atomic E-state index is -0.146. The van der Waals surface area contributed by atoms with Crippen LogP contribution in [-0.4, -0.2) is 36.2 Å². The van der Waals surface area contributed by atoms with Gasteiger partial charge in [-0.25, -0.2) is 5.43 Å². The summed E-state index contributed by atoms with van der Waals surface area (Å²) in [5, 5.41) is 7.95. The molecule has 0 radical (unpaired) electrons. The highest BCUT2D eigenvalue weighted by Gasteiger charge is 2.05. The Labute approximate surface area is 197 Å². The molecule has 0 unspecified atom stereocenters. The summed E-state index contributed by atoms with van der Waals surface area (Å²) in [6.07, 6.45) is 3.53. The number of hydrazone groups is 1. The van der Waals surface area contributed by atoms with Gasteiger partial charge in [0.15, 0.2) is 0 Å². The van der Waals surface area contributed by atoms with Gasteiger partial charge >= 0.3 is 0 Å². The predicted molar refractivity (Wildman–Crippen MR) is 135 cm³/mol. The van der Waals surface area contributed by atoms with E-state index in [4.69, 9.17) is 10.5 Å². The van der Waals surface area contributed by atoms with Crippen molar-refractivity contribution in [2.24, 2.45) is 15.8 Å². The number of aromatic nitrogens is 1. The average Bonchev–Trinajstić information content (AvgIpc) is 3.28. The molecule has 0 aliphatic carbocycles. The average molecular weight is 455 g/mol. The van der Waals surface area contributed by atoms with Crippen LogP contribution in [0.3, 0.4) is 0 Å². The monoisotopic (exact) mass is 454 g/mol. The minimum Gasteiger partial charge on any atom is -0.489 e. The molecule has 0 atom stereocenters. The molecule has 0 aliphatic rings. The predicted octanol–water partition coefficient (Wildman–Crippen LogP) is 3.42. The number of aliphatic imine (C=N–C) groups is 1. The fraction of sp³-hybridized carbons (Fsp3) is 0.115. The van der Waals surface area contributed by atoms with E-state index in [2.05, 4.69) is 25.8 Å². The van der Waals surface area contributed by atoms with Gasteiger partial charge < -0.3 is 20.8 Å². The SMILES string of the molecule is NC(=NCCNC(=O)c1ccccc1)N/N=C/c1c[nH]c2ccc(OCc3ccccc3)cc12. The number of ether oxygens (including phenoxy) is 1. The number of nitrogens with one attached hydrogen (secondary N) is 3. The zero-order valence-electron chi connectivity index (χ0n) is 18.6. The fourth-order valence-corrected chi connectivity index (χ4v) is 3.30. The molecule has 0 saturated heterocycles. The number of carbonyl (C=O) groups excluding carboxylic acids is 1. The first-order chi connectivity index (χ1) is 16.7. The van der Waals surface area contributed by atoms with Crippen molar-refractivity contribution >= 4 is 29.0 Å². The summed E-state index contributed by atoms with van der Waals surface area (Å²) in [5.74, 6) is 0.793. The second-order valence-corrected chi connectivity index (χ2v) is 7.48. The highest BCUT2D eigenvalue weighted by atomic mass is 16.5. The Hall–Kier alpha value is -4.59. The molecule has 172 valence electrons. The molecule has 0 fully saturated rings. The van der Waals surface area contributed by atoms with Gasteiger partial charge in [-0.2, -0.15) is 5.10 Å². The number of hydrogen-bond donors (Lipinski definition) is 4. The minimum absolute atomic E-state index is 0.146. The number of carbonyl (C=O) groups is 1. The first kappa shape index (κ1) is 22.6. The van der Waals surface area contributed by atoms with Gasteiger partial charge in [-0.15, -0.1) is 0 Å². The summed E-state index contributed by atoms with van der Waals surface area (Å²) in [5.41, 5.74) is 12.1. The van der Waals surface area contributed by atoms with E-state index in [1.54, 1.807) is 18.3 Å². The third-order valence-corrected chi connectivity index (χ3v) is 5.03. The van der Waals surface area contributed by atoms with E-state index in [9.17, 15) is 4.79 Å². The lowest BCUT2D eigenvalue weighted by Crippen LogP contribution is -2.30. The summed E-state index contributed by atoms with van der Waals surface area (Å²) >= 11 is 0. The number of rotatable bonds is 9. The number of H-pyrrole nitrogens is 1. The van der Waals surface area contributed by atoms with Crippen LogP contribution in [0.15, 0.2) is 95.2 Å². The zero-order valence-corrected chi connectivity index (χ0v) is 18.6. The van der Waals surface area contributed by atoms with Gasteiger partial charge in [0.25, 0.3) is 5.91 Å². The first-order valence-corrected chi connectivity index (χ1v) is 10.9. The lowest BCUT2D eigenvalue weighted by Gasteiger charge is -2.06. The fourth-order valence-electron chi connectivity index (χ4n) is 3.30. The van der Waals surface area contributed by atoms with Crippen LogP contribution < -0.4 is 21.2 Å². The number of nitrogens with two attached hydrogens (primary N) is 1. The van der Waals surface area contributed by atoms with Crippen LogP contribution in [0.2, 0.25) is 0 Å². The van der Waals surface area contributed by atoms with Crippen LogP contribution in [0.1, 0.15) is 21.5 Å². The van der Waals surface area contributed by atoms with Crippen LogP contribution in [0.4, 0.5) is 0 Å². The number of aromatic amines is 1. The molecule has 4 rings (SSSR count). The van der Waals surface area contributed by atoms with Crippen molar-refractivity contribution in [3.8, 4) is 5.75 Å². The largest absolute Gasteiger partial charge is 0.489 e. The number of amides is 1. The molecule has 0 aliphatic heterocycles. The maximum atomic E-state index is 12.0. The van der Waals surface area contributed by atoms with Crippen molar-refractivity contribution in [3.63, 3.8) is 0 Å². The Balaban J connectivity index is 1.28. The Kier molecular flexibility index (Phi) is 7.53. The second-order valence-electron chi connectivity index (χ2n) is 7.48. The van der Waals surface area contributed by atoms with Crippen molar-refractivity contribution in [2.45, 2.75) is 6.61 Å². The van der Waals surface area contributed by atoms with Crippen molar-refractivity contribution in [2.75, 3.05) is 13.1 Å². The standard InChI is InChI=1S/C26H26N6O2/c27-26(29-14-13-28-25(33)20-9-5-2-6-10-20)32-31-17-21-16-30-24-12-11-22(15-23(21)24)34-18-19-7-3-1-4-8-19/h1-12,15-17,30H,13-14,18H2,(H,28,33)(H3,27,29,32)/b31-17+. The summed E-state index contributed by atoms with van der Waals surface area (Å²) in [6, 6.07) is 24.9. The van der Waals surface area contributed by atoms with E-state index in [1.807, 2.05) is 72.9 Å². The quantitative estimate of drug-likeness (QED) is 0.134. The second kappa shape index (κ2) is 11.3. The molecule has 1 heterocycles. The Morgan fingerprint density at radius 3 is 2.59 bits per heavy atom. The van der Waals surface area contributed by atoms with E-state index < -0.39 is 0 Å². The highest BCUT2D eigenvalue weighted by molar-refractivity contribution is 6.00. The Morgan fingerprint density at radius 1 is 1.03 bits per heavy atom. The zero-order chi connectivity index (χ0) is 23.6. The number of nitrogens with zero attached hydrogens (tertiary/aromatic N) is 2. The molecule has 1 aromatic heterocycles. The lowest BCUT2D eigenvalue weighted by atomic mass is 10.2. The third-order valence-electron chi connectivity index (χ3n) is 5.03. The molecular formula is C26H26N6O2. The number of guanidine groups is 1. The van der Waals surface area contributed by atoms with Crippen LogP contribution in [0.5, 0.6) is 5.75 Å². The van der Waals surface area contributed by atoms with Crippen LogP contribution in [0, 0.1) is 0 Å². The molecule has 34 heavy (non-hydrogen) atoms. The van der Waals surface area contributed by atoms with Crippen molar-refractivity contribution in [3.05, 3.63) is 102 Å². The van der Waals surface area contributed by atoms with Gasteiger partial charge in [-0.3, -0.25) is 9.79 Å². The molecule has 0 spiro atoms. The van der Waals surface area contributed by atoms with Crippen molar-refractivity contribution < 1.29 is 9.53 Å². The van der Waals surface area contributed by atoms with Gasteiger partial charge in [-0.1, -0.05) is 48.5 Å². The summed E-state index contributed by atoms with van der Waals surface area (Å²) < 4.78 is 5.92. The lowest BCUT2D eigenvalue weighted by molar-refractivity contribution is 0.0955. The number of benzene rings is 3. The van der Waals surface area contributed by atoms with E-state index in [-0.39, 0.29) is 11.9 Å². The molecule has 3 aromatic carbocycles. The molecule has 0 bridgehead atoms. The smallest absolute Gasteiger partial charge is 0.251 e. The molecule has 5 N–H and O–H groups in total. The topological polar surface area (TPSA) is 117 Å². The van der Waals surface area contributed by atoms with Gasteiger partial charge in [0, 0.05) is 34.8 Å². The molecule has 1 amide bonds. The summed E-state index contributed by atoms with van der Waals surface area (Å²) in [6.45, 7) is 1.21. The van der Waals surface area contributed by atoms with Crippen LogP contribution in [-0.2, 0) is 6.61 Å². The molecule has 4 aromatic rings. The summed E-state index contributed by atoms with van der Waals surface area (Å²) in [7, 11) is 0. The molecule has 0 saturated carbocycles. The Morgan fingerprint density at radius 2 is 1.79 bits per heavy atom. The number of fused-ring (bicyclic) bond motifs is 1. The van der Waals surface area contributed by atoms with Crippen LogP contribution in [0.25, 0.3) is 10.9 Å². The maximum absolute atomic E-state index is 12.0. The van der Waals surface area contributed by atoms with Gasteiger partial charge in [0.2, 0.25) is 5.96 Å². The normalized spacial score (nSPS) is 11.6. The Bertz CT molecular complexity index is 1280. The summed E-state index contributed by atoms with van der Waals surface area (Å²) in [4.78, 5) is 19.4.